The average molecular weight is 237 g/mol. The van der Waals surface area contributed by atoms with Crippen LogP contribution in [0.3, 0.4) is 0 Å². The van der Waals surface area contributed by atoms with E-state index in [-0.39, 0.29) is 0 Å². The van der Waals surface area contributed by atoms with E-state index < -0.39 is 5.97 Å². The van der Waals surface area contributed by atoms with Gasteiger partial charge in [0, 0.05) is 24.1 Å². The average Bonchev–Trinajstić information content (AvgIpc) is 2.29. The Balaban J connectivity index is 2.28. The molecule has 0 amide bonds. The molecule has 16 heavy (non-hydrogen) atoms. The molecule has 0 saturated carbocycles. The number of carbonyl (C=O) groups is 1. The van der Waals surface area contributed by atoms with Gasteiger partial charge in [0.2, 0.25) is 0 Å². The van der Waals surface area contributed by atoms with Gasteiger partial charge in [-0.15, -0.1) is 0 Å². The van der Waals surface area contributed by atoms with Crippen LogP contribution in [0.1, 0.15) is 17.3 Å². The van der Waals surface area contributed by atoms with Crippen LogP contribution >= 0.6 is 11.8 Å². The second-order valence-electron chi connectivity index (χ2n) is 3.95. The summed E-state index contributed by atoms with van der Waals surface area (Å²) in [6, 6.07) is 7.24. The molecule has 4 heteroatoms. The Morgan fingerprint density at radius 3 is 2.94 bits per heavy atom. The van der Waals surface area contributed by atoms with Gasteiger partial charge in [-0.2, -0.15) is 11.8 Å². The Morgan fingerprint density at radius 2 is 2.25 bits per heavy atom. The Morgan fingerprint density at radius 1 is 1.50 bits per heavy atom. The van der Waals surface area contributed by atoms with Gasteiger partial charge in [-0.05, 0) is 12.1 Å². The van der Waals surface area contributed by atoms with Gasteiger partial charge < -0.3 is 10.0 Å². The van der Waals surface area contributed by atoms with Gasteiger partial charge >= 0.3 is 5.97 Å². The van der Waals surface area contributed by atoms with Crippen LogP contribution in [-0.4, -0.2) is 35.2 Å². The van der Waals surface area contributed by atoms with Crippen LogP contribution < -0.4 is 4.90 Å². The van der Waals surface area contributed by atoms with E-state index in [0.29, 0.717) is 10.8 Å². The first-order chi connectivity index (χ1) is 7.68. The maximum absolute atomic E-state index is 11.1. The van der Waals surface area contributed by atoms with Gasteiger partial charge in [0.25, 0.3) is 0 Å². The topological polar surface area (TPSA) is 40.5 Å². The molecule has 1 aliphatic heterocycles. The van der Waals surface area contributed by atoms with Crippen molar-refractivity contribution in [3.63, 3.8) is 0 Å². The maximum Gasteiger partial charge on any atom is 0.337 e. The summed E-state index contributed by atoms with van der Waals surface area (Å²) in [7, 11) is 0. The van der Waals surface area contributed by atoms with Crippen LogP contribution in [0, 0.1) is 0 Å². The molecule has 1 saturated heterocycles. The van der Waals surface area contributed by atoms with Gasteiger partial charge in [-0.25, -0.2) is 4.79 Å². The number of nitrogens with zero attached hydrogens (tertiary/aromatic N) is 1. The van der Waals surface area contributed by atoms with Crippen LogP contribution in [0.15, 0.2) is 24.3 Å². The summed E-state index contributed by atoms with van der Waals surface area (Å²) in [6.45, 7) is 4.04. The van der Waals surface area contributed by atoms with Crippen molar-refractivity contribution in [2.45, 2.75) is 12.2 Å². The van der Waals surface area contributed by atoms with Crippen molar-refractivity contribution < 1.29 is 9.90 Å². The molecule has 1 atom stereocenters. The van der Waals surface area contributed by atoms with Crippen molar-refractivity contribution in [3.8, 4) is 0 Å². The number of anilines is 1. The number of carboxylic acid groups (broad SMARTS) is 1. The lowest BCUT2D eigenvalue weighted by molar-refractivity contribution is 0.0697. The first kappa shape index (κ1) is 11.3. The first-order valence-corrected chi connectivity index (χ1v) is 6.42. The molecule has 0 radical (unpaired) electrons. The van der Waals surface area contributed by atoms with Crippen LogP contribution in [0.5, 0.6) is 0 Å². The van der Waals surface area contributed by atoms with E-state index in [1.165, 1.54) is 0 Å². The lowest BCUT2D eigenvalue weighted by Crippen LogP contribution is -2.37. The number of rotatable bonds is 2. The number of benzene rings is 1. The fraction of sp³-hybridized carbons (Fsp3) is 0.417. The minimum atomic E-state index is -0.846. The molecule has 1 aliphatic rings. The second-order valence-corrected chi connectivity index (χ2v) is 5.50. The normalized spacial score (nSPS) is 20.8. The predicted octanol–water partition coefficient (Wildman–Crippen LogP) is 2.33. The summed E-state index contributed by atoms with van der Waals surface area (Å²) >= 11 is 1.94. The van der Waals surface area contributed by atoms with Crippen molar-refractivity contribution in [1.82, 2.24) is 0 Å². The smallest absolute Gasteiger partial charge is 0.337 e. The van der Waals surface area contributed by atoms with Crippen molar-refractivity contribution in [2.75, 3.05) is 23.7 Å². The van der Waals surface area contributed by atoms with Gasteiger partial charge in [0.15, 0.2) is 0 Å². The van der Waals surface area contributed by atoms with E-state index in [2.05, 4.69) is 11.8 Å². The molecule has 1 N–H and O–H groups in total. The third-order valence-corrected chi connectivity index (χ3v) is 3.85. The molecular weight excluding hydrogens is 222 g/mol. The predicted molar refractivity (Wildman–Crippen MR) is 67.5 cm³/mol. The highest BCUT2D eigenvalue weighted by atomic mass is 32.2. The summed E-state index contributed by atoms with van der Waals surface area (Å²) in [5.74, 6) is 0.219. The SMILES string of the molecule is CC1CN(c2ccccc2C(=O)O)CCS1. The van der Waals surface area contributed by atoms with Crippen LogP contribution in [0.4, 0.5) is 5.69 Å². The molecule has 3 nitrogen and oxygen atoms in total. The minimum Gasteiger partial charge on any atom is -0.478 e. The van der Waals surface area contributed by atoms with Crippen molar-refractivity contribution in [2.24, 2.45) is 0 Å². The fourth-order valence-electron chi connectivity index (χ4n) is 1.97. The molecule has 1 aromatic rings. The highest BCUT2D eigenvalue weighted by Crippen LogP contribution is 2.26. The van der Waals surface area contributed by atoms with E-state index >= 15 is 0 Å². The zero-order valence-electron chi connectivity index (χ0n) is 9.22. The molecule has 2 rings (SSSR count). The lowest BCUT2D eigenvalue weighted by Gasteiger charge is -2.33. The Kier molecular flexibility index (Phi) is 3.39. The van der Waals surface area contributed by atoms with Crippen LogP contribution in [-0.2, 0) is 0 Å². The number of hydrogen-bond acceptors (Lipinski definition) is 3. The largest absolute Gasteiger partial charge is 0.478 e. The first-order valence-electron chi connectivity index (χ1n) is 5.37. The molecule has 0 aliphatic carbocycles. The maximum atomic E-state index is 11.1. The number of aromatic carboxylic acids is 1. The zero-order valence-corrected chi connectivity index (χ0v) is 10.0. The van der Waals surface area contributed by atoms with E-state index in [1.807, 2.05) is 23.9 Å². The third-order valence-electron chi connectivity index (χ3n) is 2.72. The molecule has 0 bridgehead atoms. The van der Waals surface area contributed by atoms with Crippen molar-refractivity contribution in [3.05, 3.63) is 29.8 Å². The molecule has 86 valence electrons. The summed E-state index contributed by atoms with van der Waals surface area (Å²) < 4.78 is 0. The lowest BCUT2D eigenvalue weighted by atomic mass is 10.1. The summed E-state index contributed by atoms with van der Waals surface area (Å²) in [4.78, 5) is 13.3. The standard InChI is InChI=1S/C12H15NO2S/c1-9-8-13(6-7-16-9)11-5-3-2-4-10(11)12(14)15/h2-5,9H,6-8H2,1H3,(H,14,15). The molecule has 1 aromatic carbocycles. The van der Waals surface area contributed by atoms with Gasteiger partial charge in [0.1, 0.15) is 0 Å². The Bertz CT molecular complexity index is 394. The summed E-state index contributed by atoms with van der Waals surface area (Å²) in [5, 5.41) is 9.70. The number of para-hydroxylation sites is 1. The highest BCUT2D eigenvalue weighted by molar-refractivity contribution is 8.00. The van der Waals surface area contributed by atoms with Crippen molar-refractivity contribution in [1.29, 1.82) is 0 Å². The van der Waals surface area contributed by atoms with E-state index in [0.717, 1.165) is 24.5 Å². The van der Waals surface area contributed by atoms with Gasteiger partial charge in [-0.1, -0.05) is 19.1 Å². The third kappa shape index (κ3) is 2.32. The number of carboxylic acids is 1. The van der Waals surface area contributed by atoms with E-state index in [1.54, 1.807) is 12.1 Å². The molecular formula is C12H15NO2S. The molecule has 1 fully saturated rings. The zero-order chi connectivity index (χ0) is 11.5. The Labute approximate surface area is 99.5 Å². The van der Waals surface area contributed by atoms with Gasteiger partial charge in [0.05, 0.1) is 11.3 Å². The second kappa shape index (κ2) is 4.78. The Hall–Kier alpha value is -1.16. The van der Waals surface area contributed by atoms with Gasteiger partial charge in [-0.3, -0.25) is 0 Å². The fourth-order valence-corrected chi connectivity index (χ4v) is 2.98. The quantitative estimate of drug-likeness (QED) is 0.857. The minimum absolute atomic E-state index is 0.404. The van der Waals surface area contributed by atoms with Crippen LogP contribution in [0.25, 0.3) is 0 Å². The number of hydrogen-bond donors (Lipinski definition) is 1. The molecule has 0 spiro atoms. The van der Waals surface area contributed by atoms with Crippen LogP contribution in [0.2, 0.25) is 0 Å². The highest BCUT2D eigenvalue weighted by Gasteiger charge is 2.20. The summed E-state index contributed by atoms with van der Waals surface area (Å²) in [6.07, 6.45) is 0. The van der Waals surface area contributed by atoms with E-state index in [9.17, 15) is 4.79 Å². The molecule has 1 heterocycles. The monoisotopic (exact) mass is 237 g/mol. The summed E-state index contributed by atoms with van der Waals surface area (Å²) in [5.41, 5.74) is 1.25. The number of thioether (sulfide) groups is 1. The molecule has 0 aromatic heterocycles. The van der Waals surface area contributed by atoms with E-state index in [4.69, 9.17) is 5.11 Å². The van der Waals surface area contributed by atoms with Crippen molar-refractivity contribution >= 4 is 23.4 Å². The molecule has 1 unspecified atom stereocenters.